The molecule has 0 spiro atoms. The molecular formula is C32H39Cl2N3O6S. The van der Waals surface area contributed by atoms with Crippen LogP contribution in [0.2, 0.25) is 10.0 Å². The molecule has 1 atom stereocenters. The smallest absolute Gasteiger partial charge is 0.264 e. The highest BCUT2D eigenvalue weighted by molar-refractivity contribution is 7.92. The Morgan fingerprint density at radius 2 is 1.59 bits per heavy atom. The van der Waals surface area contributed by atoms with Crippen molar-refractivity contribution in [1.29, 1.82) is 0 Å². The Kier molecular flexibility index (Phi) is 12.3. The molecule has 238 valence electrons. The second-order valence-corrected chi connectivity index (χ2v) is 13.2. The van der Waals surface area contributed by atoms with E-state index in [0.717, 1.165) is 28.3 Å². The maximum Gasteiger partial charge on any atom is 0.264 e. The number of ether oxygens (including phenoxy) is 2. The highest BCUT2D eigenvalue weighted by Crippen LogP contribution is 2.33. The molecule has 0 bridgehead atoms. The van der Waals surface area contributed by atoms with E-state index in [4.69, 9.17) is 32.7 Å². The summed E-state index contributed by atoms with van der Waals surface area (Å²) in [6.07, 6.45) is 1.66. The van der Waals surface area contributed by atoms with Crippen LogP contribution in [0.15, 0.2) is 59.5 Å². The predicted molar refractivity (Wildman–Crippen MR) is 174 cm³/mol. The molecule has 0 radical (unpaired) electrons. The van der Waals surface area contributed by atoms with Crippen LogP contribution < -0.4 is 19.1 Å². The van der Waals surface area contributed by atoms with Crippen molar-refractivity contribution in [2.75, 3.05) is 31.6 Å². The second kappa shape index (κ2) is 15.5. The number of hydrogen-bond donors (Lipinski definition) is 1. The third kappa shape index (κ3) is 8.58. The minimum atomic E-state index is -4.32. The van der Waals surface area contributed by atoms with E-state index in [1.54, 1.807) is 37.3 Å². The van der Waals surface area contributed by atoms with Crippen LogP contribution in [-0.2, 0) is 26.2 Å². The van der Waals surface area contributed by atoms with E-state index in [1.165, 1.54) is 37.3 Å². The predicted octanol–water partition coefficient (Wildman–Crippen LogP) is 6.16. The lowest BCUT2D eigenvalue weighted by molar-refractivity contribution is -0.139. The molecule has 3 aromatic carbocycles. The van der Waals surface area contributed by atoms with Gasteiger partial charge in [0.25, 0.3) is 10.0 Å². The van der Waals surface area contributed by atoms with Gasteiger partial charge in [0.1, 0.15) is 12.6 Å². The fourth-order valence-corrected chi connectivity index (χ4v) is 6.56. The van der Waals surface area contributed by atoms with Crippen molar-refractivity contribution in [3.63, 3.8) is 0 Å². The van der Waals surface area contributed by atoms with Gasteiger partial charge >= 0.3 is 0 Å². The van der Waals surface area contributed by atoms with Gasteiger partial charge in [0, 0.05) is 29.2 Å². The number of halogens is 2. The van der Waals surface area contributed by atoms with Gasteiger partial charge in [-0.3, -0.25) is 13.9 Å². The molecule has 1 unspecified atom stereocenters. The van der Waals surface area contributed by atoms with Crippen LogP contribution in [-0.4, -0.2) is 58.5 Å². The average Bonchev–Trinajstić information content (AvgIpc) is 2.98. The number of unbranched alkanes of at least 4 members (excludes halogenated alkanes) is 1. The zero-order chi connectivity index (χ0) is 32.6. The van der Waals surface area contributed by atoms with Crippen LogP contribution in [0, 0.1) is 13.8 Å². The standard InChI is InChI=1S/C32H39Cl2N3O6S/c1-7-8-13-35-32(39)23(4)36(19-24-9-10-25(33)17-28(24)34)31(38)20-37(26-15-21(2)14-22(3)16-26)44(40,41)27-11-12-29(42-5)30(18-27)43-6/h9-12,14-18,23H,7-8,13,19-20H2,1-6H3,(H,35,39). The molecule has 44 heavy (non-hydrogen) atoms. The largest absolute Gasteiger partial charge is 0.493 e. The fourth-order valence-electron chi connectivity index (χ4n) is 4.68. The maximum absolute atomic E-state index is 14.3. The van der Waals surface area contributed by atoms with E-state index in [9.17, 15) is 18.0 Å². The summed E-state index contributed by atoms with van der Waals surface area (Å²) in [5.74, 6) is -0.388. The van der Waals surface area contributed by atoms with E-state index in [2.05, 4.69) is 5.32 Å². The molecular weight excluding hydrogens is 625 g/mol. The molecule has 0 saturated carbocycles. The summed E-state index contributed by atoms with van der Waals surface area (Å²) in [6.45, 7) is 7.12. The summed E-state index contributed by atoms with van der Waals surface area (Å²) < 4.78 is 40.2. The van der Waals surface area contributed by atoms with Crippen LogP contribution in [0.1, 0.15) is 43.4 Å². The Hall–Kier alpha value is -3.47. The first kappa shape index (κ1) is 35.0. The van der Waals surface area contributed by atoms with E-state index >= 15 is 0 Å². The van der Waals surface area contributed by atoms with Gasteiger partial charge in [-0.15, -0.1) is 0 Å². The van der Waals surface area contributed by atoms with Gasteiger partial charge in [-0.1, -0.05) is 48.7 Å². The normalized spacial score (nSPS) is 11.9. The highest BCUT2D eigenvalue weighted by atomic mass is 35.5. The molecule has 0 aliphatic carbocycles. The maximum atomic E-state index is 14.3. The van der Waals surface area contributed by atoms with Gasteiger partial charge in [-0.25, -0.2) is 8.42 Å². The van der Waals surface area contributed by atoms with E-state index < -0.39 is 28.5 Å². The number of nitrogens with zero attached hydrogens (tertiary/aromatic N) is 2. The van der Waals surface area contributed by atoms with Gasteiger partial charge in [0.15, 0.2) is 11.5 Å². The topological polar surface area (TPSA) is 105 Å². The minimum absolute atomic E-state index is 0.0473. The molecule has 9 nitrogen and oxygen atoms in total. The van der Waals surface area contributed by atoms with Gasteiger partial charge in [0.2, 0.25) is 11.8 Å². The Morgan fingerprint density at radius 1 is 0.932 bits per heavy atom. The third-order valence-corrected chi connectivity index (χ3v) is 9.43. The number of aryl methyl sites for hydroxylation is 2. The number of anilines is 1. The number of carbonyl (C=O) groups is 2. The van der Waals surface area contributed by atoms with Gasteiger partial charge < -0.3 is 19.7 Å². The molecule has 0 fully saturated rings. The molecule has 3 aromatic rings. The van der Waals surface area contributed by atoms with Crippen LogP contribution >= 0.6 is 23.2 Å². The van der Waals surface area contributed by atoms with E-state index in [1.807, 2.05) is 26.8 Å². The van der Waals surface area contributed by atoms with Crippen LogP contribution in [0.4, 0.5) is 5.69 Å². The molecule has 0 aliphatic heterocycles. The molecule has 2 amide bonds. The van der Waals surface area contributed by atoms with Crippen molar-refractivity contribution in [2.45, 2.75) is 58.0 Å². The number of methoxy groups -OCH3 is 2. The molecule has 0 aromatic heterocycles. The summed E-state index contributed by atoms with van der Waals surface area (Å²) in [5, 5.41) is 3.60. The first-order valence-electron chi connectivity index (χ1n) is 14.2. The summed E-state index contributed by atoms with van der Waals surface area (Å²) in [4.78, 5) is 28.6. The number of carbonyl (C=O) groups excluding carboxylic acids is 2. The number of benzene rings is 3. The van der Waals surface area contributed by atoms with Crippen molar-refractivity contribution in [2.24, 2.45) is 0 Å². The van der Waals surface area contributed by atoms with Crippen LogP contribution in [0.25, 0.3) is 0 Å². The van der Waals surface area contributed by atoms with Crippen molar-refractivity contribution in [3.05, 3.63) is 81.3 Å². The van der Waals surface area contributed by atoms with Gasteiger partial charge in [-0.05, 0) is 80.3 Å². The van der Waals surface area contributed by atoms with E-state index in [-0.39, 0.29) is 23.1 Å². The highest BCUT2D eigenvalue weighted by Gasteiger charge is 2.33. The molecule has 0 heterocycles. The SMILES string of the molecule is CCCCNC(=O)C(C)N(Cc1ccc(Cl)cc1Cl)C(=O)CN(c1cc(C)cc(C)c1)S(=O)(=O)c1ccc(OC)c(OC)c1. The van der Waals surface area contributed by atoms with Gasteiger partial charge in [0.05, 0.1) is 24.8 Å². The Bertz CT molecular complexity index is 1580. The molecule has 0 saturated heterocycles. The zero-order valence-corrected chi connectivity index (χ0v) is 28.1. The Labute approximate surface area is 270 Å². The number of amides is 2. The molecule has 0 aliphatic rings. The zero-order valence-electron chi connectivity index (χ0n) is 25.8. The van der Waals surface area contributed by atoms with Gasteiger partial charge in [-0.2, -0.15) is 0 Å². The molecule has 3 rings (SSSR count). The lowest BCUT2D eigenvalue weighted by Gasteiger charge is -2.32. The molecule has 1 N–H and O–H groups in total. The summed E-state index contributed by atoms with van der Waals surface area (Å²) in [7, 11) is -1.46. The van der Waals surface area contributed by atoms with Crippen LogP contribution in [0.5, 0.6) is 11.5 Å². The van der Waals surface area contributed by atoms with Crippen molar-refractivity contribution in [3.8, 4) is 11.5 Å². The first-order chi connectivity index (χ1) is 20.8. The van der Waals surface area contributed by atoms with Crippen molar-refractivity contribution in [1.82, 2.24) is 10.2 Å². The number of rotatable bonds is 14. The summed E-state index contributed by atoms with van der Waals surface area (Å²) in [6, 6.07) is 13.5. The minimum Gasteiger partial charge on any atom is -0.493 e. The average molecular weight is 665 g/mol. The van der Waals surface area contributed by atoms with Crippen LogP contribution in [0.3, 0.4) is 0 Å². The number of sulfonamides is 1. The lowest BCUT2D eigenvalue weighted by Crippen LogP contribution is -2.51. The Morgan fingerprint density at radius 3 is 2.18 bits per heavy atom. The number of hydrogen-bond acceptors (Lipinski definition) is 6. The monoisotopic (exact) mass is 663 g/mol. The Balaban J connectivity index is 2.10. The fraction of sp³-hybridized carbons (Fsp3) is 0.375. The van der Waals surface area contributed by atoms with Crippen molar-refractivity contribution < 1.29 is 27.5 Å². The second-order valence-electron chi connectivity index (χ2n) is 10.5. The summed E-state index contributed by atoms with van der Waals surface area (Å²) in [5.41, 5.74) is 2.48. The number of nitrogens with one attached hydrogen (secondary N) is 1. The van der Waals surface area contributed by atoms with Crippen molar-refractivity contribution >= 4 is 50.7 Å². The third-order valence-electron chi connectivity index (χ3n) is 7.07. The van der Waals surface area contributed by atoms with E-state index in [0.29, 0.717) is 33.6 Å². The first-order valence-corrected chi connectivity index (χ1v) is 16.4. The summed E-state index contributed by atoms with van der Waals surface area (Å²) >= 11 is 12.5. The molecule has 12 heteroatoms. The quantitative estimate of drug-likeness (QED) is 0.207. The lowest BCUT2D eigenvalue weighted by atomic mass is 10.1.